The van der Waals surface area contributed by atoms with E-state index in [0.29, 0.717) is 5.19 Å². The summed E-state index contributed by atoms with van der Waals surface area (Å²) in [4.78, 5) is 55.8. The van der Waals surface area contributed by atoms with Crippen molar-refractivity contribution in [3.63, 3.8) is 0 Å². The molecule has 0 saturated heterocycles. The molecule has 2 heterocycles. The summed E-state index contributed by atoms with van der Waals surface area (Å²) in [7, 11) is -3.72. The molecular weight excluding hydrogens is 776 g/mol. The molecule has 0 saturated carbocycles. The monoisotopic (exact) mass is 816 g/mol. The van der Waals surface area contributed by atoms with Crippen LogP contribution in [0.3, 0.4) is 0 Å². The van der Waals surface area contributed by atoms with E-state index in [2.05, 4.69) is 5.32 Å². The zero-order valence-corrected chi connectivity index (χ0v) is 34.1. The van der Waals surface area contributed by atoms with E-state index < -0.39 is 72.0 Å². The zero-order valence-electron chi connectivity index (χ0n) is 32.3. The molecule has 0 aliphatic carbocycles. The third-order valence-corrected chi connectivity index (χ3v) is 14.5. The van der Waals surface area contributed by atoms with E-state index in [1.807, 2.05) is 111 Å². The second-order valence-corrected chi connectivity index (χ2v) is 21.5. The average Bonchev–Trinajstić information content (AvgIpc) is 3.60. The number of ketones is 1. The molecule has 2 aliphatic heterocycles. The predicted octanol–water partition coefficient (Wildman–Crippen LogP) is 6.84. The van der Waals surface area contributed by atoms with Crippen molar-refractivity contribution < 1.29 is 32.6 Å². The van der Waals surface area contributed by atoms with Gasteiger partial charge in [-0.15, -0.1) is 0 Å². The molecule has 0 spiro atoms. The minimum atomic E-state index is -2.51. The van der Waals surface area contributed by atoms with Gasteiger partial charge in [0.25, 0.3) is 11.6 Å². The molecule has 1 amide bonds. The number of carbonyl (C=O) groups is 3. The van der Waals surface area contributed by atoms with Gasteiger partial charge >= 0.3 is 5.97 Å². The van der Waals surface area contributed by atoms with Crippen molar-refractivity contribution in [2.75, 3.05) is 13.8 Å². The van der Waals surface area contributed by atoms with Crippen LogP contribution in [0.1, 0.15) is 43.8 Å². The van der Waals surface area contributed by atoms with Crippen molar-refractivity contribution in [3.8, 4) is 0 Å². The van der Waals surface area contributed by atoms with E-state index in [9.17, 15) is 24.5 Å². The molecule has 2 aliphatic rings. The van der Waals surface area contributed by atoms with Crippen LogP contribution in [-0.2, 0) is 26.1 Å². The number of methoxy groups -OCH3 is 1. The maximum atomic E-state index is 16.5. The second kappa shape index (κ2) is 15.6. The Morgan fingerprint density at radius 3 is 1.86 bits per heavy atom. The zero-order chi connectivity index (χ0) is 41.4. The van der Waals surface area contributed by atoms with Crippen molar-refractivity contribution >= 4 is 47.6 Å². The summed E-state index contributed by atoms with van der Waals surface area (Å²) in [6.45, 7) is 4.76. The summed E-state index contributed by atoms with van der Waals surface area (Å²) in [5.74, 6) is -2.52. The lowest BCUT2D eigenvalue weighted by molar-refractivity contribution is -0.384. The summed E-state index contributed by atoms with van der Waals surface area (Å²) >= 11 is 0. The molecule has 14 heteroatoms. The number of hydrogen-bond donors (Lipinski definition) is 1. The van der Waals surface area contributed by atoms with Crippen LogP contribution in [0.15, 0.2) is 150 Å². The average molecular weight is 817 g/mol. The SMILES string of the molecule is COC(=O)[C@]1(CC2=CN(C(c3ccccc3)(c3ccccc3)c3ccccc3)C(CF)N2S(=O)c2ccc([N+](=O)[O-])cc2[Si](C)(C)C)NC(=O)c2ccccc2C1=O. The number of alkyl halides is 1. The number of nitrogens with zero attached hydrogens (tertiary/aromatic N) is 3. The van der Waals surface area contributed by atoms with Gasteiger partial charge in [-0.1, -0.05) is 129 Å². The quantitative estimate of drug-likeness (QED) is 0.0361. The minimum Gasteiger partial charge on any atom is -0.467 e. The van der Waals surface area contributed by atoms with E-state index in [4.69, 9.17) is 4.74 Å². The molecule has 2 unspecified atom stereocenters. The predicted molar refractivity (Wildman–Crippen MR) is 221 cm³/mol. The lowest BCUT2D eigenvalue weighted by Gasteiger charge is -2.47. The third kappa shape index (κ3) is 6.61. The molecular formula is C44H41FN4O7SSi. The Morgan fingerprint density at radius 2 is 1.38 bits per heavy atom. The molecule has 11 nitrogen and oxygen atoms in total. The van der Waals surface area contributed by atoms with Crippen molar-refractivity contribution in [2.45, 2.75) is 48.2 Å². The maximum absolute atomic E-state index is 16.5. The normalized spacial score (nSPS) is 18.6. The second-order valence-electron chi connectivity index (χ2n) is 15.1. The van der Waals surface area contributed by atoms with Crippen LogP contribution in [-0.4, -0.2) is 69.6 Å². The fraction of sp³-hybridized carbons (Fsp3) is 0.205. The van der Waals surface area contributed by atoms with Crippen LogP contribution in [0.5, 0.6) is 0 Å². The highest BCUT2D eigenvalue weighted by atomic mass is 32.2. The number of nitro groups is 1. The number of benzene rings is 5. The van der Waals surface area contributed by atoms with Gasteiger partial charge in [-0.25, -0.2) is 13.4 Å². The van der Waals surface area contributed by atoms with Gasteiger partial charge in [0.1, 0.15) is 18.4 Å². The van der Waals surface area contributed by atoms with Crippen molar-refractivity contribution in [1.82, 2.24) is 14.5 Å². The van der Waals surface area contributed by atoms with E-state index >= 15 is 8.60 Å². The molecule has 58 heavy (non-hydrogen) atoms. The summed E-state index contributed by atoms with van der Waals surface area (Å²) in [6.07, 6.45) is -0.335. The summed E-state index contributed by atoms with van der Waals surface area (Å²) in [6, 6.07) is 38.5. The summed E-state index contributed by atoms with van der Waals surface area (Å²) in [5.41, 5.74) is -1.53. The first-order valence-corrected chi connectivity index (χ1v) is 23.2. The largest absolute Gasteiger partial charge is 0.467 e. The van der Waals surface area contributed by atoms with Gasteiger partial charge in [-0.05, 0) is 34.0 Å². The Bertz CT molecular complexity index is 2370. The molecule has 0 fully saturated rings. The molecule has 3 atom stereocenters. The number of ether oxygens (including phenoxy) is 1. The number of rotatable bonds is 12. The van der Waals surface area contributed by atoms with Crippen LogP contribution >= 0.6 is 0 Å². The molecule has 0 aromatic heterocycles. The van der Waals surface area contributed by atoms with Crippen molar-refractivity contribution in [3.05, 3.63) is 183 Å². The molecule has 5 aromatic carbocycles. The number of Topliss-reactive ketones (excluding diaryl/α,β-unsaturated/α-hetero) is 1. The number of hydrogen-bond acceptors (Lipinski definition) is 8. The third-order valence-electron chi connectivity index (χ3n) is 10.7. The summed E-state index contributed by atoms with van der Waals surface area (Å²) in [5, 5.41) is 15.1. The summed E-state index contributed by atoms with van der Waals surface area (Å²) < 4.78 is 38.6. The lowest BCUT2D eigenvalue weighted by Crippen LogP contribution is -2.64. The number of amides is 1. The number of nitrogens with one attached hydrogen (secondary N) is 1. The molecule has 296 valence electrons. The van der Waals surface area contributed by atoms with Crippen LogP contribution in [0.2, 0.25) is 19.6 Å². The Hall–Kier alpha value is -6.25. The first-order chi connectivity index (χ1) is 27.8. The topological polar surface area (TPSA) is 139 Å². The van der Waals surface area contributed by atoms with Gasteiger partial charge in [-0.2, -0.15) is 0 Å². The number of halogens is 1. The van der Waals surface area contributed by atoms with Crippen LogP contribution in [0.4, 0.5) is 10.1 Å². The molecule has 0 radical (unpaired) electrons. The number of carbonyl (C=O) groups excluding carboxylic acids is 3. The number of non-ortho nitro benzene ring substituents is 1. The Balaban J connectivity index is 1.54. The van der Waals surface area contributed by atoms with E-state index in [1.54, 1.807) is 23.2 Å². The number of fused-ring (bicyclic) bond motifs is 1. The van der Waals surface area contributed by atoms with Gasteiger partial charge in [-0.3, -0.25) is 24.0 Å². The van der Waals surface area contributed by atoms with Gasteiger partial charge < -0.3 is 15.0 Å². The maximum Gasteiger partial charge on any atom is 0.340 e. The highest BCUT2D eigenvalue weighted by Crippen LogP contribution is 2.49. The van der Waals surface area contributed by atoms with Crippen LogP contribution in [0.25, 0.3) is 0 Å². The first-order valence-electron chi connectivity index (χ1n) is 18.6. The molecule has 1 N–H and O–H groups in total. The van der Waals surface area contributed by atoms with Crippen LogP contribution in [0, 0.1) is 10.1 Å². The van der Waals surface area contributed by atoms with Crippen molar-refractivity contribution in [1.29, 1.82) is 0 Å². The fourth-order valence-corrected chi connectivity index (χ4v) is 12.0. The molecule has 7 rings (SSSR count). The van der Waals surface area contributed by atoms with E-state index in [0.717, 1.165) is 23.8 Å². The Labute approximate surface area is 338 Å². The molecule has 0 bridgehead atoms. The number of nitro benzene ring substituents is 1. The smallest absolute Gasteiger partial charge is 0.340 e. The Kier molecular flexibility index (Phi) is 10.7. The van der Waals surface area contributed by atoms with Crippen LogP contribution < -0.4 is 10.5 Å². The molecule has 5 aromatic rings. The Morgan fingerprint density at radius 1 is 0.862 bits per heavy atom. The first kappa shape index (κ1) is 40.0. The lowest BCUT2D eigenvalue weighted by atomic mass is 9.75. The standard InChI is InChI=1S/C44H41FN4O7SSi/c1-56-42(52)43(40(50)35-22-14-15-23-36(35)41(51)46-43)27-34-29-47(39(28-45)48(34)57(55)37-25-24-33(49(53)54)26-38(37)58(2,3)4)44(30-16-8-5-9-17-30,31-18-10-6-11-19-31)32-20-12-7-13-21-32/h5-26,29,39H,27-28H2,1-4H3,(H,46,51)/t39?,43-,57?/m1/s1. The van der Waals surface area contributed by atoms with E-state index in [1.165, 1.54) is 34.6 Å². The van der Waals surface area contributed by atoms with Gasteiger partial charge in [0.2, 0.25) is 11.3 Å². The fourth-order valence-electron chi connectivity index (χ4n) is 8.08. The van der Waals surface area contributed by atoms with E-state index in [-0.39, 0.29) is 27.4 Å². The van der Waals surface area contributed by atoms with Crippen molar-refractivity contribution in [2.24, 2.45) is 0 Å². The van der Waals surface area contributed by atoms with Gasteiger partial charge in [0.05, 0.1) is 30.6 Å². The number of esters is 1. The van der Waals surface area contributed by atoms with Gasteiger partial charge in [0.15, 0.2) is 11.0 Å². The minimum absolute atomic E-state index is 0.00888. The van der Waals surface area contributed by atoms with Gasteiger partial charge in [0, 0.05) is 36.0 Å². The highest BCUT2D eigenvalue weighted by molar-refractivity contribution is 7.83. The highest BCUT2D eigenvalue weighted by Gasteiger charge is 2.57.